The molecule has 1 aliphatic heterocycles. The first kappa shape index (κ1) is 18.3. The number of piperidine rings is 1. The Morgan fingerprint density at radius 2 is 2.09 bits per heavy atom. The average molecular weight is 357 g/mol. The van der Waals surface area contributed by atoms with E-state index in [1.807, 2.05) is 4.90 Å². The van der Waals surface area contributed by atoms with E-state index in [-0.39, 0.29) is 10.8 Å². The number of aryl methyl sites for hydroxylation is 1. The summed E-state index contributed by atoms with van der Waals surface area (Å²) < 4.78 is 23.5. The van der Waals surface area contributed by atoms with Gasteiger partial charge < -0.3 is 4.90 Å². The molecule has 0 aliphatic carbocycles. The first-order chi connectivity index (χ1) is 10.7. The molecule has 1 aliphatic rings. The van der Waals surface area contributed by atoms with Gasteiger partial charge in [-0.2, -0.15) is 11.8 Å². The van der Waals surface area contributed by atoms with Crippen LogP contribution in [0.4, 0.5) is 0 Å². The maximum atomic E-state index is 12.8. The van der Waals surface area contributed by atoms with Crippen molar-refractivity contribution in [1.29, 1.82) is 0 Å². The van der Waals surface area contributed by atoms with Crippen molar-refractivity contribution in [2.75, 3.05) is 25.1 Å². The van der Waals surface area contributed by atoms with Gasteiger partial charge in [0.05, 0.1) is 4.90 Å². The van der Waals surface area contributed by atoms with Gasteiger partial charge >= 0.3 is 0 Å². The molecule has 0 aromatic heterocycles. The highest BCUT2D eigenvalue weighted by Gasteiger charge is 2.26. The number of likely N-dealkylation sites (tertiary alicyclic amines) is 1. The molecule has 0 radical (unpaired) electrons. The standard InChI is InChI=1S/C16H24N2O3S2/c1-11-7-14(8-15(12(11)2)23(17,20)21)16(19)18-6-4-5-13(9-18)10-22-3/h7-8,13H,4-6,9-10H2,1-3H3,(H2,17,20,21)/t13-/m0/s1. The largest absolute Gasteiger partial charge is 0.338 e. The van der Waals surface area contributed by atoms with Crippen molar-refractivity contribution in [2.24, 2.45) is 11.1 Å². The molecule has 0 saturated carbocycles. The predicted octanol–water partition coefficient (Wildman–Crippen LogP) is 2.17. The molecule has 23 heavy (non-hydrogen) atoms. The highest BCUT2D eigenvalue weighted by Crippen LogP contribution is 2.24. The molecule has 1 fully saturated rings. The van der Waals surface area contributed by atoms with E-state index in [0.717, 1.165) is 37.2 Å². The van der Waals surface area contributed by atoms with E-state index in [9.17, 15) is 13.2 Å². The lowest BCUT2D eigenvalue weighted by Gasteiger charge is -2.32. The van der Waals surface area contributed by atoms with Crippen LogP contribution in [0.25, 0.3) is 0 Å². The summed E-state index contributed by atoms with van der Waals surface area (Å²) in [6.07, 6.45) is 4.20. The molecule has 128 valence electrons. The van der Waals surface area contributed by atoms with Gasteiger partial charge in [0.25, 0.3) is 5.91 Å². The molecule has 0 bridgehead atoms. The quantitative estimate of drug-likeness (QED) is 0.896. The second-order valence-corrected chi connectivity index (χ2v) is 8.62. The third-order valence-electron chi connectivity index (χ3n) is 4.38. The number of rotatable bonds is 4. The van der Waals surface area contributed by atoms with E-state index in [2.05, 4.69) is 6.26 Å². The molecule has 1 aromatic carbocycles. The molecular weight excluding hydrogens is 332 g/mol. The normalized spacial score (nSPS) is 19.0. The summed E-state index contributed by atoms with van der Waals surface area (Å²) in [6, 6.07) is 3.17. The van der Waals surface area contributed by atoms with Crippen molar-refractivity contribution < 1.29 is 13.2 Å². The summed E-state index contributed by atoms with van der Waals surface area (Å²) in [7, 11) is -3.84. The second kappa shape index (κ2) is 7.23. The molecule has 0 spiro atoms. The third kappa shape index (κ3) is 4.28. The summed E-state index contributed by atoms with van der Waals surface area (Å²) in [5, 5.41) is 5.28. The van der Waals surface area contributed by atoms with Gasteiger partial charge in [0, 0.05) is 18.7 Å². The molecule has 1 atom stereocenters. The Bertz CT molecular complexity index is 700. The maximum absolute atomic E-state index is 12.8. The molecule has 1 heterocycles. The molecule has 2 N–H and O–H groups in total. The van der Waals surface area contributed by atoms with Crippen LogP contribution in [-0.2, 0) is 10.0 Å². The fraction of sp³-hybridized carbons (Fsp3) is 0.562. The zero-order chi connectivity index (χ0) is 17.2. The lowest BCUT2D eigenvalue weighted by molar-refractivity contribution is 0.0685. The summed E-state index contributed by atoms with van der Waals surface area (Å²) in [5.41, 5.74) is 1.77. The topological polar surface area (TPSA) is 80.5 Å². The lowest BCUT2D eigenvalue weighted by Crippen LogP contribution is -2.40. The molecule has 0 unspecified atom stereocenters. The van der Waals surface area contributed by atoms with E-state index in [1.54, 1.807) is 31.7 Å². The molecule has 7 heteroatoms. The highest BCUT2D eigenvalue weighted by atomic mass is 32.2. The summed E-state index contributed by atoms with van der Waals surface area (Å²) in [5.74, 6) is 1.44. The Morgan fingerprint density at radius 3 is 2.70 bits per heavy atom. The van der Waals surface area contributed by atoms with Crippen LogP contribution in [0, 0.1) is 19.8 Å². The van der Waals surface area contributed by atoms with Gasteiger partial charge in [0.15, 0.2) is 0 Å². The summed E-state index contributed by atoms with van der Waals surface area (Å²) in [4.78, 5) is 14.7. The Labute approximate surface area is 142 Å². The van der Waals surface area contributed by atoms with Gasteiger partial charge in [-0.3, -0.25) is 4.79 Å². The van der Waals surface area contributed by atoms with Gasteiger partial charge in [0.1, 0.15) is 0 Å². The molecule has 1 amide bonds. The number of nitrogens with two attached hydrogens (primary N) is 1. The van der Waals surface area contributed by atoms with E-state index in [1.165, 1.54) is 6.07 Å². The number of sulfonamides is 1. The Balaban J connectivity index is 2.31. The third-order valence-corrected chi connectivity index (χ3v) is 6.22. The van der Waals surface area contributed by atoms with Crippen LogP contribution in [0.5, 0.6) is 0 Å². The van der Waals surface area contributed by atoms with Crippen LogP contribution in [0.3, 0.4) is 0 Å². The number of benzene rings is 1. The van der Waals surface area contributed by atoms with Crippen molar-refractivity contribution in [3.05, 3.63) is 28.8 Å². The summed E-state index contributed by atoms with van der Waals surface area (Å²) in [6.45, 7) is 4.96. The second-order valence-electron chi connectivity index (χ2n) is 6.18. The lowest BCUT2D eigenvalue weighted by atomic mass is 9.98. The van der Waals surface area contributed by atoms with Gasteiger partial charge in [-0.15, -0.1) is 0 Å². The number of carbonyl (C=O) groups excluding carboxylic acids is 1. The van der Waals surface area contributed by atoms with Gasteiger partial charge in [-0.25, -0.2) is 13.6 Å². The number of carbonyl (C=O) groups is 1. The number of nitrogens with zero attached hydrogens (tertiary/aromatic N) is 1. The fourth-order valence-corrected chi connectivity index (χ4v) is 4.67. The van der Waals surface area contributed by atoms with Crippen molar-refractivity contribution in [1.82, 2.24) is 4.90 Å². The highest BCUT2D eigenvalue weighted by molar-refractivity contribution is 7.98. The Morgan fingerprint density at radius 1 is 1.39 bits per heavy atom. The van der Waals surface area contributed by atoms with Gasteiger partial charge in [0.2, 0.25) is 10.0 Å². The van der Waals surface area contributed by atoms with E-state index in [4.69, 9.17) is 5.14 Å². The first-order valence-corrected chi connectivity index (χ1v) is 10.6. The van der Waals surface area contributed by atoms with Gasteiger partial charge in [-0.1, -0.05) is 0 Å². The van der Waals surface area contributed by atoms with Crippen molar-refractivity contribution in [2.45, 2.75) is 31.6 Å². The first-order valence-electron chi connectivity index (χ1n) is 7.66. The SMILES string of the molecule is CSC[C@H]1CCCN(C(=O)c2cc(C)c(C)c(S(N)(=O)=O)c2)C1. The Kier molecular flexibility index (Phi) is 5.75. The minimum atomic E-state index is -3.84. The number of hydrogen-bond acceptors (Lipinski definition) is 4. The monoisotopic (exact) mass is 356 g/mol. The zero-order valence-electron chi connectivity index (χ0n) is 13.8. The average Bonchev–Trinajstić information content (AvgIpc) is 2.48. The molecular formula is C16H24N2O3S2. The van der Waals surface area contributed by atoms with E-state index in [0.29, 0.717) is 17.0 Å². The number of thioether (sulfide) groups is 1. The van der Waals surface area contributed by atoms with Crippen LogP contribution in [0.15, 0.2) is 17.0 Å². The van der Waals surface area contributed by atoms with Gasteiger partial charge in [-0.05, 0) is 67.9 Å². The predicted molar refractivity (Wildman–Crippen MR) is 94.3 cm³/mol. The molecule has 1 aromatic rings. The van der Waals surface area contributed by atoms with Crippen LogP contribution in [0.1, 0.15) is 34.3 Å². The number of amides is 1. The van der Waals surface area contributed by atoms with E-state index >= 15 is 0 Å². The number of hydrogen-bond donors (Lipinski definition) is 1. The molecule has 5 nitrogen and oxygen atoms in total. The fourth-order valence-electron chi connectivity index (χ4n) is 3.05. The van der Waals surface area contributed by atoms with Crippen molar-refractivity contribution in [3.8, 4) is 0 Å². The molecule has 2 rings (SSSR count). The zero-order valence-corrected chi connectivity index (χ0v) is 15.5. The summed E-state index contributed by atoms with van der Waals surface area (Å²) >= 11 is 1.79. The smallest absolute Gasteiger partial charge is 0.253 e. The minimum Gasteiger partial charge on any atom is -0.338 e. The Hall–Kier alpha value is -1.05. The van der Waals surface area contributed by atoms with Crippen molar-refractivity contribution in [3.63, 3.8) is 0 Å². The minimum absolute atomic E-state index is 0.0403. The van der Waals surface area contributed by atoms with Crippen LogP contribution < -0.4 is 5.14 Å². The van der Waals surface area contributed by atoms with Crippen LogP contribution in [0.2, 0.25) is 0 Å². The van der Waals surface area contributed by atoms with E-state index < -0.39 is 10.0 Å². The van der Waals surface area contributed by atoms with Crippen molar-refractivity contribution >= 4 is 27.7 Å². The maximum Gasteiger partial charge on any atom is 0.253 e. The van der Waals surface area contributed by atoms with Crippen LogP contribution >= 0.6 is 11.8 Å². The van der Waals surface area contributed by atoms with Crippen LogP contribution in [-0.4, -0.2) is 44.3 Å². The number of primary sulfonamides is 1. The molecule has 1 saturated heterocycles.